The van der Waals surface area contributed by atoms with Gasteiger partial charge in [0.1, 0.15) is 24.1 Å². The number of aryl methyl sites for hydroxylation is 1. The number of methoxy groups -OCH3 is 1. The molecule has 5 heterocycles. The minimum absolute atomic E-state index is 0.110. The summed E-state index contributed by atoms with van der Waals surface area (Å²) in [6.45, 7) is 19.7. The number of carbonyl (C=O) groups is 4. The van der Waals surface area contributed by atoms with Crippen LogP contribution in [0.2, 0.25) is 0 Å². The van der Waals surface area contributed by atoms with Crippen molar-refractivity contribution in [2.75, 3.05) is 27.2 Å². The van der Waals surface area contributed by atoms with Gasteiger partial charge >= 0.3 is 18.0 Å². The smallest absolute Gasteiger partial charge is 0.410 e. The van der Waals surface area contributed by atoms with Crippen LogP contribution in [0.4, 0.5) is 4.79 Å². The second-order valence-electron chi connectivity index (χ2n) is 19.9. The van der Waals surface area contributed by atoms with E-state index in [2.05, 4.69) is 16.5 Å². The van der Waals surface area contributed by atoms with Crippen LogP contribution in [0.15, 0.2) is 79.9 Å². The van der Waals surface area contributed by atoms with Crippen molar-refractivity contribution in [3.05, 3.63) is 85.6 Å². The first-order valence-corrected chi connectivity index (χ1v) is 24.6. The largest absolute Gasteiger partial charge is 0.461 e. The van der Waals surface area contributed by atoms with E-state index in [1.165, 1.54) is 7.11 Å². The molecule has 6 rings (SSSR count). The SMILES string of the molecule is C=CCN(C)[C@@H]1C[C@H](C)O[C@H](O[C@@H]2[C@@H](C)[C@H](OC(=O)Cc3ccccn3)[C@@H](C)C(=O)O[C@H](CC)[C@@]3(C)OC(=O)N(CCCCn4cnc(-c5ccccc5)c4)[C@@H]3[C@@H](C)C(=O)[C@H](C)C[C@@]2(C)OC)[C@H]1O. The van der Waals surface area contributed by atoms with E-state index in [0.29, 0.717) is 38.0 Å². The summed E-state index contributed by atoms with van der Waals surface area (Å²) in [6.07, 6.45) is 2.68. The Labute approximate surface area is 408 Å². The van der Waals surface area contributed by atoms with Crippen molar-refractivity contribution >= 4 is 23.8 Å². The molecule has 1 N–H and O–H groups in total. The molecule has 16 heteroatoms. The monoisotopic (exact) mass is 958 g/mol. The molecule has 3 fully saturated rings. The molecule has 0 radical (unpaired) electrons. The number of Topliss-reactive ketones (excluding diaryl/α,β-unsaturated/α-hetero) is 1. The highest BCUT2D eigenvalue weighted by atomic mass is 16.7. The zero-order valence-corrected chi connectivity index (χ0v) is 42.2. The van der Waals surface area contributed by atoms with Crippen LogP contribution in [0.5, 0.6) is 0 Å². The summed E-state index contributed by atoms with van der Waals surface area (Å²) >= 11 is 0. The Bertz CT molecular complexity index is 2190. The Morgan fingerprint density at radius 2 is 1.71 bits per heavy atom. The fourth-order valence-corrected chi connectivity index (χ4v) is 11.0. The lowest BCUT2D eigenvalue weighted by Crippen LogP contribution is -2.61. The number of pyridine rings is 1. The van der Waals surface area contributed by atoms with E-state index < -0.39 is 89.7 Å². The number of ether oxygens (including phenoxy) is 6. The number of fused-ring (bicyclic) bond motifs is 1. The molecule has 3 saturated heterocycles. The summed E-state index contributed by atoms with van der Waals surface area (Å²) in [5, 5.41) is 11.9. The van der Waals surface area contributed by atoms with Crippen LogP contribution >= 0.6 is 0 Å². The van der Waals surface area contributed by atoms with E-state index in [1.54, 1.807) is 62.5 Å². The highest BCUT2D eigenvalue weighted by molar-refractivity contribution is 5.85. The Balaban J connectivity index is 1.35. The van der Waals surface area contributed by atoms with E-state index in [4.69, 9.17) is 28.4 Å². The van der Waals surface area contributed by atoms with Crippen molar-refractivity contribution < 1.29 is 52.7 Å². The number of hydrogen-bond donors (Lipinski definition) is 1. The second-order valence-corrected chi connectivity index (χ2v) is 19.9. The van der Waals surface area contributed by atoms with Crippen molar-refractivity contribution in [2.45, 2.75) is 161 Å². The molecule has 1 aromatic carbocycles. The number of nitrogens with zero attached hydrogens (tertiary/aromatic N) is 5. The van der Waals surface area contributed by atoms with Gasteiger partial charge in [-0.3, -0.25) is 24.3 Å². The maximum absolute atomic E-state index is 15.1. The first-order valence-electron chi connectivity index (χ1n) is 24.6. The van der Waals surface area contributed by atoms with Gasteiger partial charge in [-0.1, -0.05) is 70.2 Å². The summed E-state index contributed by atoms with van der Waals surface area (Å²) < 4.78 is 40.8. The number of hydrogen-bond acceptors (Lipinski definition) is 14. The van der Waals surface area contributed by atoms with E-state index in [9.17, 15) is 19.5 Å². The lowest BCUT2D eigenvalue weighted by atomic mass is 9.73. The van der Waals surface area contributed by atoms with Crippen LogP contribution in [0, 0.1) is 23.7 Å². The molecule has 0 saturated carbocycles. The molecule has 14 atom stereocenters. The topological polar surface area (TPSA) is 181 Å². The molecule has 378 valence electrons. The Morgan fingerprint density at radius 1 is 1.00 bits per heavy atom. The van der Waals surface area contributed by atoms with Gasteiger partial charge in [0.05, 0.1) is 53.9 Å². The third-order valence-corrected chi connectivity index (χ3v) is 14.7. The summed E-state index contributed by atoms with van der Waals surface area (Å²) in [4.78, 5) is 70.5. The van der Waals surface area contributed by atoms with Gasteiger partial charge in [-0.25, -0.2) is 9.78 Å². The maximum Gasteiger partial charge on any atom is 0.410 e. The third kappa shape index (κ3) is 12.1. The number of benzene rings is 1. The number of aliphatic hydroxyl groups is 1. The summed E-state index contributed by atoms with van der Waals surface area (Å²) in [5.41, 5.74) is -0.397. The number of cyclic esters (lactones) is 1. The van der Waals surface area contributed by atoms with Gasteiger partial charge < -0.3 is 43.0 Å². The van der Waals surface area contributed by atoms with Gasteiger partial charge in [0.2, 0.25) is 0 Å². The Kier molecular flexibility index (Phi) is 18.0. The summed E-state index contributed by atoms with van der Waals surface area (Å²) in [7, 11) is 3.42. The molecule has 3 aromatic rings. The molecule has 0 bridgehead atoms. The number of aromatic nitrogens is 3. The lowest BCUT2D eigenvalue weighted by Gasteiger charge is -2.48. The number of aliphatic hydroxyl groups excluding tert-OH is 1. The van der Waals surface area contributed by atoms with Crippen LogP contribution in [0.1, 0.15) is 93.2 Å². The van der Waals surface area contributed by atoms with Crippen LogP contribution < -0.4 is 0 Å². The molecule has 0 spiro atoms. The van der Waals surface area contributed by atoms with Crippen molar-refractivity contribution in [1.29, 1.82) is 0 Å². The molecule has 69 heavy (non-hydrogen) atoms. The molecule has 2 aromatic heterocycles. The normalized spacial score (nSPS) is 33.6. The minimum atomic E-state index is -1.44. The van der Waals surface area contributed by atoms with Crippen LogP contribution in [-0.4, -0.2) is 141 Å². The van der Waals surface area contributed by atoms with Crippen molar-refractivity contribution in [2.24, 2.45) is 23.7 Å². The van der Waals surface area contributed by atoms with Crippen molar-refractivity contribution in [3.63, 3.8) is 0 Å². The minimum Gasteiger partial charge on any atom is -0.461 e. The van der Waals surface area contributed by atoms with E-state index in [0.717, 1.165) is 11.3 Å². The van der Waals surface area contributed by atoms with E-state index in [1.807, 2.05) is 87.7 Å². The highest BCUT2D eigenvalue weighted by Crippen LogP contribution is 2.44. The fraction of sp³-hybridized carbons (Fsp3) is 0.623. The number of rotatable bonds is 16. The molecule has 0 aliphatic carbocycles. The Morgan fingerprint density at radius 3 is 2.38 bits per heavy atom. The predicted molar refractivity (Wildman–Crippen MR) is 258 cm³/mol. The molecule has 1 amide bonds. The summed E-state index contributed by atoms with van der Waals surface area (Å²) in [5.74, 6) is -4.90. The number of esters is 2. The zero-order valence-electron chi connectivity index (χ0n) is 42.2. The first kappa shape index (κ1) is 53.4. The second kappa shape index (κ2) is 23.3. The number of ketones is 1. The van der Waals surface area contributed by atoms with E-state index in [-0.39, 0.29) is 43.7 Å². The standard InChI is InChI=1S/C53H75N5O11/c1-12-25-56(10)41-28-34(4)65-50(45(41)61)68-48-36(6)46(67-43(59)29-39-23-17-18-24-54-39)37(7)49(62)66-42(13-2)53(9)47(35(5)44(60)33(3)30-52(48,8)64-11)58(51(63)69-53)27-20-19-26-57-31-40(55-32-57)38-21-15-14-16-22-38/h12,14-18,21-24,31-37,41-42,45-48,50,61H,1,13,19-20,25-30H2,2-11H3/t33-,34+,35+,36+,37-,41-,42-,45+,46+,47-,48-,50-,52-,53-/m1/s1. The van der Waals surface area contributed by atoms with Gasteiger partial charge in [0.25, 0.3) is 0 Å². The van der Waals surface area contributed by atoms with Gasteiger partial charge in [-0.2, -0.15) is 0 Å². The van der Waals surface area contributed by atoms with Gasteiger partial charge in [0.15, 0.2) is 11.9 Å². The highest BCUT2D eigenvalue weighted by Gasteiger charge is 2.60. The van der Waals surface area contributed by atoms with Gasteiger partial charge in [-0.05, 0) is 79.0 Å². The van der Waals surface area contributed by atoms with Crippen molar-refractivity contribution in [3.8, 4) is 11.3 Å². The van der Waals surface area contributed by atoms with E-state index >= 15 is 4.79 Å². The molecular weight excluding hydrogens is 883 g/mol. The number of likely N-dealkylation sites (N-methyl/N-ethyl adjacent to an activating group) is 1. The summed E-state index contributed by atoms with van der Waals surface area (Å²) in [6, 6.07) is 14.0. The van der Waals surface area contributed by atoms with Gasteiger partial charge in [-0.15, -0.1) is 6.58 Å². The van der Waals surface area contributed by atoms with Crippen molar-refractivity contribution in [1.82, 2.24) is 24.3 Å². The maximum atomic E-state index is 15.1. The molecule has 3 aliphatic heterocycles. The molecule has 0 unspecified atom stereocenters. The van der Waals surface area contributed by atoms with Crippen LogP contribution in [-0.2, 0) is 55.8 Å². The Hall–Kier alpha value is -5.00. The predicted octanol–water partition coefficient (Wildman–Crippen LogP) is 7.07. The van der Waals surface area contributed by atoms with Crippen LogP contribution in [0.25, 0.3) is 11.3 Å². The first-order chi connectivity index (χ1) is 32.8. The fourth-order valence-electron chi connectivity index (χ4n) is 11.0. The average molecular weight is 958 g/mol. The number of unbranched alkanes of at least 4 members (excludes halogenated alkanes) is 1. The lowest BCUT2D eigenvalue weighted by molar-refractivity contribution is -0.302. The average Bonchev–Trinajstić information content (AvgIpc) is 3.91. The third-order valence-electron chi connectivity index (χ3n) is 14.7. The quantitative estimate of drug-likeness (QED) is 0.0666. The number of carbonyl (C=O) groups excluding carboxylic acids is 4. The molecular formula is C53H75N5O11. The number of amides is 1. The zero-order chi connectivity index (χ0) is 50.2. The number of imidazole rings is 1. The van der Waals surface area contributed by atoms with Crippen LogP contribution in [0.3, 0.4) is 0 Å². The molecule has 3 aliphatic rings. The van der Waals surface area contributed by atoms with Gasteiger partial charge in [0, 0.05) is 68.5 Å². The molecule has 16 nitrogen and oxygen atoms in total.